The maximum absolute atomic E-state index is 12.5. The normalized spacial score (nSPS) is 17.8. The minimum Gasteiger partial charge on any atom is -0.480 e. The van der Waals surface area contributed by atoms with Gasteiger partial charge in [-0.25, -0.2) is 9.59 Å². The van der Waals surface area contributed by atoms with Crippen molar-refractivity contribution >= 4 is 23.6 Å². The molecule has 1 N–H and O–H groups in total. The number of carboxylic acid groups (broad SMARTS) is 1. The van der Waals surface area contributed by atoms with Crippen molar-refractivity contribution in [3.8, 4) is 0 Å². The summed E-state index contributed by atoms with van der Waals surface area (Å²) in [5, 5.41) is 9.22. The van der Waals surface area contributed by atoms with E-state index >= 15 is 0 Å². The number of esters is 1. The molecule has 1 aliphatic rings. The SMILES string of the molecule is CC(C)=CC(=O)OCC(C)(C)C(=O)C(=O)N1CCCC[C@H]1C(=O)O. The maximum Gasteiger partial charge on any atom is 0.330 e. The number of carboxylic acids is 1. The monoisotopic (exact) mass is 339 g/mol. The van der Waals surface area contributed by atoms with Gasteiger partial charge in [-0.2, -0.15) is 0 Å². The number of rotatable bonds is 6. The zero-order valence-corrected chi connectivity index (χ0v) is 14.6. The number of ketones is 1. The highest BCUT2D eigenvalue weighted by Gasteiger charge is 2.41. The number of carbonyl (C=O) groups excluding carboxylic acids is 3. The van der Waals surface area contributed by atoms with E-state index in [1.165, 1.54) is 19.9 Å². The van der Waals surface area contributed by atoms with Crippen molar-refractivity contribution in [2.24, 2.45) is 5.41 Å². The summed E-state index contributed by atoms with van der Waals surface area (Å²) in [5.41, 5.74) is -0.458. The Morgan fingerprint density at radius 3 is 2.38 bits per heavy atom. The predicted octanol–water partition coefficient (Wildman–Crippen LogP) is 1.56. The van der Waals surface area contributed by atoms with Crippen LogP contribution in [0.2, 0.25) is 0 Å². The van der Waals surface area contributed by atoms with E-state index in [9.17, 15) is 24.3 Å². The van der Waals surface area contributed by atoms with E-state index in [0.29, 0.717) is 19.3 Å². The molecule has 0 bridgehead atoms. The summed E-state index contributed by atoms with van der Waals surface area (Å²) in [4.78, 5) is 48.9. The van der Waals surface area contributed by atoms with Crippen LogP contribution in [0.25, 0.3) is 0 Å². The number of ether oxygens (including phenoxy) is 1. The molecular formula is C17H25NO6. The Hall–Kier alpha value is -2.18. The van der Waals surface area contributed by atoms with Gasteiger partial charge in [0.1, 0.15) is 12.6 Å². The average molecular weight is 339 g/mol. The lowest BCUT2D eigenvalue weighted by Gasteiger charge is -2.34. The van der Waals surface area contributed by atoms with E-state index in [4.69, 9.17) is 4.74 Å². The van der Waals surface area contributed by atoms with Crippen LogP contribution in [0.1, 0.15) is 47.0 Å². The van der Waals surface area contributed by atoms with Crippen molar-refractivity contribution in [1.82, 2.24) is 4.90 Å². The molecule has 0 aromatic heterocycles. The van der Waals surface area contributed by atoms with E-state index in [1.807, 2.05) is 0 Å². The Kier molecular flexibility index (Phi) is 6.69. The first-order chi connectivity index (χ1) is 11.1. The van der Waals surface area contributed by atoms with Crippen molar-refractivity contribution in [3.63, 3.8) is 0 Å². The Balaban J connectivity index is 2.78. The minimum atomic E-state index is -1.22. The number of piperidine rings is 1. The summed E-state index contributed by atoms with van der Waals surface area (Å²) in [6.07, 6.45) is 3.01. The van der Waals surface area contributed by atoms with Crippen molar-refractivity contribution < 1.29 is 29.0 Å². The van der Waals surface area contributed by atoms with E-state index in [1.54, 1.807) is 13.8 Å². The molecule has 7 nitrogen and oxygen atoms in total. The number of amides is 1. The summed E-state index contributed by atoms with van der Waals surface area (Å²) < 4.78 is 5.03. The van der Waals surface area contributed by atoms with Crippen LogP contribution in [-0.2, 0) is 23.9 Å². The molecular weight excluding hydrogens is 314 g/mol. The summed E-state index contributed by atoms with van der Waals surface area (Å²) in [6, 6.07) is -0.973. The van der Waals surface area contributed by atoms with Crippen LogP contribution in [0.3, 0.4) is 0 Å². The number of hydrogen-bond acceptors (Lipinski definition) is 5. The van der Waals surface area contributed by atoms with E-state index < -0.39 is 35.1 Å². The first-order valence-electron chi connectivity index (χ1n) is 7.96. The van der Waals surface area contributed by atoms with Crippen LogP contribution in [0.15, 0.2) is 11.6 Å². The lowest BCUT2D eigenvalue weighted by Crippen LogP contribution is -2.53. The lowest BCUT2D eigenvalue weighted by atomic mass is 9.87. The molecule has 0 unspecified atom stereocenters. The van der Waals surface area contributed by atoms with Gasteiger partial charge in [0.05, 0.1) is 5.41 Å². The van der Waals surface area contributed by atoms with Gasteiger partial charge in [-0.3, -0.25) is 9.59 Å². The van der Waals surface area contributed by atoms with Crippen molar-refractivity contribution in [3.05, 3.63) is 11.6 Å². The molecule has 1 amide bonds. The summed E-state index contributed by atoms with van der Waals surface area (Å²) in [6.45, 7) is 6.49. The van der Waals surface area contributed by atoms with Crippen LogP contribution in [0.4, 0.5) is 0 Å². The molecule has 1 atom stereocenters. The number of likely N-dealkylation sites (tertiary alicyclic amines) is 1. The molecule has 1 heterocycles. The smallest absolute Gasteiger partial charge is 0.330 e. The molecule has 7 heteroatoms. The van der Waals surface area contributed by atoms with Crippen LogP contribution >= 0.6 is 0 Å². The minimum absolute atomic E-state index is 0.244. The fourth-order valence-corrected chi connectivity index (χ4v) is 2.45. The van der Waals surface area contributed by atoms with Gasteiger partial charge in [-0.15, -0.1) is 0 Å². The highest BCUT2D eigenvalue weighted by molar-refractivity contribution is 6.38. The molecule has 0 spiro atoms. The standard InChI is InChI=1S/C17H25NO6/c1-11(2)9-13(19)24-10-17(3,4)14(20)15(21)18-8-6-5-7-12(18)16(22)23/h9,12H,5-8,10H2,1-4H3,(H,22,23)/t12-/m0/s1. The first kappa shape index (κ1) is 19.9. The highest BCUT2D eigenvalue weighted by Crippen LogP contribution is 2.23. The molecule has 0 radical (unpaired) electrons. The first-order valence-corrected chi connectivity index (χ1v) is 7.96. The molecule has 24 heavy (non-hydrogen) atoms. The van der Waals surface area contributed by atoms with Crippen LogP contribution in [0.5, 0.6) is 0 Å². The van der Waals surface area contributed by atoms with Gasteiger partial charge in [0, 0.05) is 12.6 Å². The Morgan fingerprint density at radius 2 is 1.83 bits per heavy atom. The molecule has 0 saturated carbocycles. The molecule has 0 aromatic carbocycles. The molecule has 1 aliphatic heterocycles. The molecule has 0 aliphatic carbocycles. The lowest BCUT2D eigenvalue weighted by molar-refractivity contribution is -0.159. The third-order valence-corrected chi connectivity index (χ3v) is 3.84. The zero-order valence-electron chi connectivity index (χ0n) is 14.6. The number of hydrogen-bond donors (Lipinski definition) is 1. The second-order valence-corrected chi connectivity index (χ2v) is 6.89. The molecule has 0 aromatic rings. The van der Waals surface area contributed by atoms with Gasteiger partial charge in [0.15, 0.2) is 0 Å². The number of nitrogens with zero attached hydrogens (tertiary/aromatic N) is 1. The van der Waals surface area contributed by atoms with Crippen LogP contribution in [-0.4, -0.2) is 52.8 Å². The number of aliphatic carboxylic acids is 1. The van der Waals surface area contributed by atoms with Gasteiger partial charge in [0.25, 0.3) is 5.91 Å². The summed E-state index contributed by atoms with van der Waals surface area (Å²) >= 11 is 0. The van der Waals surface area contributed by atoms with Gasteiger partial charge in [-0.1, -0.05) is 5.57 Å². The topological polar surface area (TPSA) is 101 Å². The van der Waals surface area contributed by atoms with Crippen LogP contribution in [0, 0.1) is 5.41 Å². The summed E-state index contributed by atoms with van der Waals surface area (Å²) in [5.74, 6) is -3.26. The molecule has 1 fully saturated rings. The number of Topliss-reactive ketones (excluding diaryl/α,β-unsaturated/α-hetero) is 1. The van der Waals surface area contributed by atoms with E-state index in [0.717, 1.165) is 10.5 Å². The van der Waals surface area contributed by atoms with E-state index in [2.05, 4.69) is 0 Å². The predicted molar refractivity (Wildman–Crippen MR) is 86.2 cm³/mol. The third-order valence-electron chi connectivity index (χ3n) is 3.84. The Labute approximate surface area is 141 Å². The second kappa shape index (κ2) is 8.08. The number of allylic oxidation sites excluding steroid dienone is 1. The maximum atomic E-state index is 12.5. The second-order valence-electron chi connectivity index (χ2n) is 6.89. The quantitative estimate of drug-likeness (QED) is 0.448. The largest absolute Gasteiger partial charge is 0.480 e. The fraction of sp³-hybridized carbons (Fsp3) is 0.647. The van der Waals surface area contributed by atoms with Crippen molar-refractivity contribution in [1.29, 1.82) is 0 Å². The summed E-state index contributed by atoms with van der Waals surface area (Å²) in [7, 11) is 0. The van der Waals surface area contributed by atoms with Gasteiger partial charge in [-0.05, 0) is 47.0 Å². The molecule has 134 valence electrons. The third kappa shape index (κ3) is 5.18. The Morgan fingerprint density at radius 1 is 1.21 bits per heavy atom. The zero-order chi connectivity index (χ0) is 18.5. The van der Waals surface area contributed by atoms with Crippen molar-refractivity contribution in [2.45, 2.75) is 53.0 Å². The van der Waals surface area contributed by atoms with Gasteiger partial charge < -0.3 is 14.7 Å². The van der Waals surface area contributed by atoms with Gasteiger partial charge >= 0.3 is 11.9 Å². The average Bonchev–Trinajstić information content (AvgIpc) is 2.51. The van der Waals surface area contributed by atoms with Gasteiger partial charge in [0.2, 0.25) is 5.78 Å². The highest BCUT2D eigenvalue weighted by atomic mass is 16.5. The fourth-order valence-electron chi connectivity index (χ4n) is 2.45. The number of carbonyl (C=O) groups is 4. The van der Waals surface area contributed by atoms with Crippen molar-refractivity contribution in [2.75, 3.05) is 13.2 Å². The molecule has 1 rings (SSSR count). The van der Waals surface area contributed by atoms with Crippen LogP contribution < -0.4 is 0 Å². The molecule has 1 saturated heterocycles. The van der Waals surface area contributed by atoms with E-state index in [-0.39, 0.29) is 13.2 Å². The Bertz CT molecular complexity index is 559.